The van der Waals surface area contributed by atoms with Crippen LogP contribution in [0.1, 0.15) is 0 Å². The zero-order valence-corrected chi connectivity index (χ0v) is 17.7. The maximum Gasteiger partial charge on any atom is 2.00 e. The summed E-state index contributed by atoms with van der Waals surface area (Å²) >= 11 is 0. The van der Waals surface area contributed by atoms with Gasteiger partial charge in [0.25, 0.3) is 0 Å². The van der Waals surface area contributed by atoms with Gasteiger partial charge in [0.15, 0.2) is 20.2 Å². The Kier molecular flexibility index (Phi) is 16.3. The summed E-state index contributed by atoms with van der Waals surface area (Å²) in [6.45, 7) is 8.93. The zero-order chi connectivity index (χ0) is 22.8. The van der Waals surface area contributed by atoms with Crippen LogP contribution in [-0.2, 0) is 40.7 Å². The quantitative estimate of drug-likeness (QED) is 0.134. The average molecular weight is 577 g/mol. The third-order valence-electron chi connectivity index (χ3n) is 2.54. The van der Waals surface area contributed by atoms with Gasteiger partial charge in [0.1, 0.15) is 0 Å². The summed E-state index contributed by atoms with van der Waals surface area (Å²) in [5.74, 6) is 0. The van der Waals surface area contributed by atoms with Crippen LogP contribution in [0.4, 0.5) is 26.3 Å². The Bertz CT molecular complexity index is 582. The molecule has 2 aliphatic heterocycles. The van der Waals surface area contributed by atoms with Crippen molar-refractivity contribution in [1.29, 1.82) is 0 Å². The van der Waals surface area contributed by atoms with Gasteiger partial charge in [-0.25, -0.2) is 16.8 Å². The maximum atomic E-state index is 10.7. The molecule has 0 saturated carbocycles. The van der Waals surface area contributed by atoms with Crippen molar-refractivity contribution < 1.29 is 72.7 Å². The van der Waals surface area contributed by atoms with Crippen molar-refractivity contribution in [2.45, 2.75) is 11.0 Å². The zero-order valence-electron chi connectivity index (χ0n) is 14.6. The maximum absolute atomic E-state index is 10.7. The summed E-state index contributed by atoms with van der Waals surface area (Å²) in [5, 5.41) is 0. The van der Waals surface area contributed by atoms with E-state index in [1.807, 2.05) is 0 Å². The molecule has 2 heterocycles. The van der Waals surface area contributed by atoms with Gasteiger partial charge in [-0.1, -0.05) is 0 Å². The smallest absolute Gasteiger partial charge is 0.741 e. The van der Waals surface area contributed by atoms with Crippen molar-refractivity contribution in [2.24, 2.45) is 11.5 Å². The van der Waals surface area contributed by atoms with Crippen LogP contribution in [0, 0.1) is 0 Å². The molecule has 10 nitrogen and oxygen atoms in total. The number of halogens is 6. The number of nitrogens with two attached hydrogens (primary N) is 2. The Balaban J connectivity index is -0.000000309. The summed E-state index contributed by atoms with van der Waals surface area (Å²) in [5.41, 5.74) is -0.836. The fraction of sp³-hybridized carbons (Fsp3) is 1.00. The molecule has 0 spiro atoms. The van der Waals surface area contributed by atoms with E-state index in [9.17, 15) is 26.3 Å². The van der Waals surface area contributed by atoms with Crippen molar-refractivity contribution in [1.82, 2.24) is 9.80 Å². The van der Waals surface area contributed by atoms with Gasteiger partial charge in [-0.2, -0.15) is 26.3 Å². The second-order valence-corrected chi connectivity index (χ2v) is 7.80. The number of alkyl halides is 6. The third-order valence-corrected chi connectivity index (χ3v) is 3.67. The number of hydrogen-bond donors (Lipinski definition) is 2. The topological polar surface area (TPSA) is 172 Å². The summed E-state index contributed by atoms with van der Waals surface area (Å²) in [7, 11) is -12.2. The first-order valence-corrected chi connectivity index (χ1v) is 10.1. The molecule has 4 N–H and O–H groups in total. The first kappa shape index (κ1) is 33.5. The van der Waals surface area contributed by atoms with Crippen LogP contribution in [0.3, 0.4) is 0 Å². The molecule has 2 fully saturated rings. The molecule has 0 aromatic heterocycles. The second kappa shape index (κ2) is 14.1. The Labute approximate surface area is 177 Å². The van der Waals surface area contributed by atoms with Gasteiger partial charge in [0, 0.05) is 52.4 Å². The van der Waals surface area contributed by atoms with Crippen LogP contribution >= 0.6 is 0 Å². The largest absolute Gasteiger partial charge is 2.00 e. The van der Waals surface area contributed by atoms with E-state index in [4.69, 9.17) is 37.4 Å². The van der Waals surface area contributed by atoms with Gasteiger partial charge in [-0.05, 0) is 0 Å². The molecule has 0 aliphatic carbocycles. The van der Waals surface area contributed by atoms with Crippen molar-refractivity contribution in [3.8, 4) is 0 Å². The van der Waals surface area contributed by atoms with Crippen LogP contribution < -0.4 is 11.5 Å². The normalized spacial score (nSPS) is 16.6. The summed E-state index contributed by atoms with van der Waals surface area (Å²) < 4.78 is 118. The van der Waals surface area contributed by atoms with Gasteiger partial charge in [0.2, 0.25) is 0 Å². The van der Waals surface area contributed by atoms with E-state index in [2.05, 4.69) is 9.80 Å². The van der Waals surface area contributed by atoms with Crippen molar-refractivity contribution in [3.05, 3.63) is 0 Å². The molecule has 0 bridgehead atoms. The second-order valence-electron chi connectivity index (χ2n) is 5.06. The van der Waals surface area contributed by atoms with E-state index in [-0.39, 0.29) is 20.4 Å². The molecular formula is C10H20F6N4O6PdS2. The SMILES string of the molecule is NCCN1CC1.NCCN1CC1.O=S(=O)([O-])C(F)(F)F.O=S(=O)([O-])C(F)(F)F.[Pd+2]. The fourth-order valence-corrected chi connectivity index (χ4v) is 0.954. The minimum atomic E-state index is -6.09. The third kappa shape index (κ3) is 20.9. The molecule has 2 aliphatic rings. The van der Waals surface area contributed by atoms with E-state index >= 15 is 0 Å². The molecule has 29 heavy (non-hydrogen) atoms. The summed E-state index contributed by atoms with van der Waals surface area (Å²) in [6, 6.07) is 0. The molecule has 0 amide bonds. The molecule has 0 aromatic rings. The van der Waals surface area contributed by atoms with Crippen LogP contribution in [-0.4, -0.2) is 99.1 Å². The molecule has 0 unspecified atom stereocenters. The number of nitrogens with zero attached hydrogens (tertiary/aromatic N) is 2. The Morgan fingerprint density at radius 2 is 0.862 bits per heavy atom. The first-order valence-electron chi connectivity index (χ1n) is 7.26. The van der Waals surface area contributed by atoms with Gasteiger partial charge >= 0.3 is 31.4 Å². The van der Waals surface area contributed by atoms with Crippen LogP contribution in [0.5, 0.6) is 0 Å². The molecule has 0 aromatic carbocycles. The average Bonchev–Trinajstić information content (AvgIpc) is 3.32. The van der Waals surface area contributed by atoms with Gasteiger partial charge < -0.3 is 20.6 Å². The van der Waals surface area contributed by atoms with Gasteiger partial charge in [0.05, 0.1) is 0 Å². The number of hydrogen-bond acceptors (Lipinski definition) is 10. The monoisotopic (exact) mass is 576 g/mol. The molecule has 2 rings (SSSR count). The Hall–Kier alpha value is -0.0977. The minimum absolute atomic E-state index is 0. The minimum Gasteiger partial charge on any atom is -0.741 e. The van der Waals surface area contributed by atoms with Gasteiger partial charge in [-0.3, -0.25) is 9.80 Å². The number of rotatable bonds is 4. The Morgan fingerprint density at radius 3 is 0.897 bits per heavy atom. The van der Waals surface area contributed by atoms with Gasteiger partial charge in [-0.15, -0.1) is 0 Å². The Morgan fingerprint density at radius 1 is 0.690 bits per heavy atom. The molecule has 180 valence electrons. The molecule has 0 atom stereocenters. The van der Waals surface area contributed by atoms with Crippen LogP contribution in [0.25, 0.3) is 0 Å². The molecule has 2 saturated heterocycles. The van der Waals surface area contributed by atoms with E-state index in [0.29, 0.717) is 0 Å². The van der Waals surface area contributed by atoms with Crippen molar-refractivity contribution >= 4 is 20.2 Å². The van der Waals surface area contributed by atoms with Crippen LogP contribution in [0.15, 0.2) is 0 Å². The van der Waals surface area contributed by atoms with E-state index in [0.717, 1.165) is 26.2 Å². The van der Waals surface area contributed by atoms with E-state index in [1.54, 1.807) is 0 Å². The fourth-order valence-electron chi connectivity index (χ4n) is 0.954. The summed E-state index contributed by atoms with van der Waals surface area (Å²) in [6.07, 6.45) is 0. The van der Waals surface area contributed by atoms with Crippen molar-refractivity contribution in [3.63, 3.8) is 0 Å². The van der Waals surface area contributed by atoms with E-state index in [1.165, 1.54) is 26.2 Å². The molecular weight excluding hydrogens is 557 g/mol. The predicted molar refractivity (Wildman–Crippen MR) is 82.5 cm³/mol. The van der Waals surface area contributed by atoms with E-state index < -0.39 is 31.3 Å². The molecule has 19 heteroatoms. The first-order chi connectivity index (χ1) is 12.4. The molecule has 0 radical (unpaired) electrons. The van der Waals surface area contributed by atoms with Crippen molar-refractivity contribution in [2.75, 3.05) is 52.4 Å². The summed E-state index contributed by atoms with van der Waals surface area (Å²) in [4.78, 5) is 4.61. The predicted octanol–water partition coefficient (Wildman–Crippen LogP) is -1.38. The standard InChI is InChI=1S/2C4H10N2.2CHF3O3S.Pd/c2*5-1-2-6-3-4-6;2*2-1(3,4)8(5,6)7;/h2*1-5H2;2*(H,5,6,7);/q;;;;+2/p-2. The van der Waals surface area contributed by atoms with Crippen LogP contribution in [0.2, 0.25) is 0 Å².